The van der Waals surface area contributed by atoms with Crippen LogP contribution in [0.15, 0.2) is 12.1 Å². The summed E-state index contributed by atoms with van der Waals surface area (Å²) in [5.74, 6) is -3.26. The largest absolute Gasteiger partial charge is 0.573 e. The van der Waals surface area contributed by atoms with Crippen LogP contribution < -0.4 is 30.7 Å². The second-order valence-corrected chi connectivity index (χ2v) is 12.3. The van der Waals surface area contributed by atoms with E-state index in [1.807, 2.05) is 4.90 Å². The molecule has 4 atom stereocenters. The molecule has 0 radical (unpaired) electrons. The number of piperazine rings is 1. The minimum absolute atomic E-state index is 0.0166. The van der Waals surface area contributed by atoms with Crippen molar-refractivity contribution in [1.82, 2.24) is 20.6 Å². The zero-order valence-corrected chi connectivity index (χ0v) is 25.3. The number of aromatic nitrogens is 2. The van der Waals surface area contributed by atoms with Crippen LogP contribution in [-0.4, -0.2) is 69.4 Å². The molecule has 1 aromatic carbocycles. The van der Waals surface area contributed by atoms with Gasteiger partial charge in [-0.3, -0.25) is 10.1 Å². The SMILES string of the molecule is Cc1nc2c3c(nc(-c4cc(N)cc(F)c4OC(F)(F)F)c(F)c3c1C)OC(C)C1C3CCC(C(=O)NCCCSO)(CN21)N3. The predicted octanol–water partition coefficient (Wildman–Crippen LogP) is 4.85. The minimum atomic E-state index is -5.28. The number of aryl methyl sites for hydroxylation is 2. The number of carbonyl (C=O) groups excluding carboxylic acids is 1. The van der Waals surface area contributed by atoms with Gasteiger partial charge in [-0.2, -0.15) is 0 Å². The molecule has 6 rings (SSSR count). The Labute approximate surface area is 259 Å². The molecule has 0 aliphatic carbocycles. The van der Waals surface area contributed by atoms with E-state index in [0.29, 0.717) is 66.7 Å². The molecule has 2 fully saturated rings. The van der Waals surface area contributed by atoms with Gasteiger partial charge < -0.3 is 30.0 Å². The molecule has 2 aromatic heterocycles. The van der Waals surface area contributed by atoms with E-state index in [1.54, 1.807) is 20.8 Å². The number of nitrogens with zero attached hydrogens (tertiary/aromatic N) is 3. The Morgan fingerprint density at radius 3 is 2.76 bits per heavy atom. The van der Waals surface area contributed by atoms with Crippen molar-refractivity contribution in [3.63, 3.8) is 0 Å². The maximum Gasteiger partial charge on any atom is 0.573 e. The van der Waals surface area contributed by atoms with E-state index < -0.39 is 46.6 Å². The highest BCUT2D eigenvalue weighted by atomic mass is 32.2. The van der Waals surface area contributed by atoms with E-state index in [-0.39, 0.29) is 46.9 Å². The molecule has 3 aliphatic heterocycles. The molecule has 242 valence electrons. The molecular formula is C29H31F5N6O4S. The van der Waals surface area contributed by atoms with Crippen LogP contribution in [0.1, 0.15) is 37.4 Å². The lowest BCUT2D eigenvalue weighted by molar-refractivity contribution is -0.275. The second kappa shape index (κ2) is 11.3. The average molecular weight is 655 g/mol. The topological polar surface area (TPSA) is 135 Å². The Morgan fingerprint density at radius 1 is 1.29 bits per heavy atom. The van der Waals surface area contributed by atoms with Crippen LogP contribution in [0.3, 0.4) is 0 Å². The lowest BCUT2D eigenvalue weighted by Crippen LogP contribution is -2.71. The summed E-state index contributed by atoms with van der Waals surface area (Å²) < 4.78 is 90.8. The van der Waals surface area contributed by atoms with Crippen molar-refractivity contribution >= 4 is 40.2 Å². The number of nitrogen functional groups attached to an aromatic ring is 1. The number of ether oxygens (including phenoxy) is 2. The maximum atomic E-state index is 16.7. The number of amides is 1. The average Bonchev–Trinajstić information content (AvgIpc) is 3.26. The molecule has 45 heavy (non-hydrogen) atoms. The van der Waals surface area contributed by atoms with Crippen LogP contribution in [0.25, 0.3) is 22.0 Å². The first-order chi connectivity index (χ1) is 21.2. The summed E-state index contributed by atoms with van der Waals surface area (Å²) in [7, 11) is 0. The van der Waals surface area contributed by atoms with Crippen molar-refractivity contribution < 1.29 is 40.8 Å². The molecule has 5 heterocycles. The highest BCUT2D eigenvalue weighted by molar-refractivity contribution is 7.93. The first-order valence-corrected chi connectivity index (χ1v) is 15.3. The van der Waals surface area contributed by atoms with Crippen molar-refractivity contribution in [2.75, 3.05) is 29.5 Å². The number of nitrogens with two attached hydrogens (primary N) is 1. The van der Waals surface area contributed by atoms with Crippen LogP contribution in [0.2, 0.25) is 0 Å². The van der Waals surface area contributed by atoms with Gasteiger partial charge in [0, 0.05) is 47.7 Å². The summed E-state index contributed by atoms with van der Waals surface area (Å²) in [6.45, 7) is 5.63. The molecule has 10 nitrogen and oxygen atoms in total. The fraction of sp³-hybridized carbons (Fsp3) is 0.483. The van der Waals surface area contributed by atoms with Crippen LogP contribution >= 0.6 is 12.0 Å². The summed E-state index contributed by atoms with van der Waals surface area (Å²) in [4.78, 5) is 24.6. The van der Waals surface area contributed by atoms with Crippen LogP contribution in [0.4, 0.5) is 33.5 Å². The van der Waals surface area contributed by atoms with Crippen LogP contribution in [0, 0.1) is 25.5 Å². The zero-order valence-electron chi connectivity index (χ0n) is 24.5. The lowest BCUT2D eigenvalue weighted by Gasteiger charge is -2.47. The van der Waals surface area contributed by atoms with Gasteiger partial charge in [0.05, 0.1) is 17.0 Å². The molecule has 5 N–H and O–H groups in total. The number of pyridine rings is 2. The molecule has 1 amide bonds. The summed E-state index contributed by atoms with van der Waals surface area (Å²) >= 11 is 0.702. The number of rotatable bonds is 7. The van der Waals surface area contributed by atoms with Crippen molar-refractivity contribution in [3.05, 3.63) is 35.0 Å². The Morgan fingerprint density at radius 2 is 2.04 bits per heavy atom. The predicted molar refractivity (Wildman–Crippen MR) is 158 cm³/mol. The molecule has 3 aromatic rings. The molecule has 2 saturated heterocycles. The third-order valence-corrected chi connectivity index (χ3v) is 9.27. The van der Waals surface area contributed by atoms with Crippen molar-refractivity contribution in [3.8, 4) is 22.9 Å². The first-order valence-electron chi connectivity index (χ1n) is 14.4. The fourth-order valence-electron chi connectivity index (χ4n) is 6.76. The molecule has 4 unspecified atom stereocenters. The minimum Gasteiger partial charge on any atom is -0.472 e. The monoisotopic (exact) mass is 654 g/mol. The first kappa shape index (κ1) is 31.4. The number of hydrogen-bond acceptors (Lipinski definition) is 10. The van der Waals surface area contributed by atoms with Gasteiger partial charge in [0.25, 0.3) is 0 Å². The van der Waals surface area contributed by atoms with Crippen LogP contribution in [0.5, 0.6) is 11.6 Å². The van der Waals surface area contributed by atoms with E-state index in [0.717, 1.165) is 6.07 Å². The number of anilines is 2. The summed E-state index contributed by atoms with van der Waals surface area (Å²) in [5.41, 5.74) is 4.07. The zero-order chi connectivity index (χ0) is 32.4. The normalized spacial score (nSPS) is 23.8. The Kier molecular flexibility index (Phi) is 7.88. The smallest absolute Gasteiger partial charge is 0.472 e. The van der Waals surface area contributed by atoms with Crippen molar-refractivity contribution in [2.24, 2.45) is 0 Å². The maximum absolute atomic E-state index is 16.7. The van der Waals surface area contributed by atoms with E-state index in [9.17, 15) is 22.4 Å². The molecule has 3 aliphatic rings. The highest BCUT2D eigenvalue weighted by Crippen LogP contribution is 2.48. The molecule has 0 spiro atoms. The summed E-state index contributed by atoms with van der Waals surface area (Å²) in [6.07, 6.45) is -4.14. The van der Waals surface area contributed by atoms with Gasteiger partial charge in [-0.05, 0) is 63.7 Å². The molecular weight excluding hydrogens is 623 g/mol. The third-order valence-electron chi connectivity index (χ3n) is 8.80. The van der Waals surface area contributed by atoms with Crippen molar-refractivity contribution in [2.45, 2.75) is 70.1 Å². The van der Waals surface area contributed by atoms with Gasteiger partial charge in [0.15, 0.2) is 17.4 Å². The third kappa shape index (κ3) is 5.35. The number of benzene rings is 1. The number of fused-ring (bicyclic) bond motifs is 5. The Balaban J connectivity index is 1.52. The number of halogens is 5. The van der Waals surface area contributed by atoms with Gasteiger partial charge in [-0.25, -0.2) is 18.7 Å². The summed E-state index contributed by atoms with van der Waals surface area (Å²) in [5, 5.41) is 6.61. The quantitative estimate of drug-likeness (QED) is 0.121. The number of hydrogen-bond donors (Lipinski definition) is 4. The number of alkyl halides is 3. The van der Waals surface area contributed by atoms with Crippen LogP contribution in [-0.2, 0) is 4.79 Å². The van der Waals surface area contributed by atoms with Gasteiger partial charge in [-0.1, -0.05) is 0 Å². The summed E-state index contributed by atoms with van der Waals surface area (Å²) in [6, 6.07) is 1.02. The van der Waals surface area contributed by atoms with Gasteiger partial charge in [-0.15, -0.1) is 13.2 Å². The van der Waals surface area contributed by atoms with Gasteiger partial charge in [0.2, 0.25) is 11.8 Å². The Hall–Kier alpha value is -3.63. The Bertz CT molecular complexity index is 1690. The lowest BCUT2D eigenvalue weighted by atomic mass is 9.93. The molecule has 16 heteroatoms. The van der Waals surface area contributed by atoms with Crippen molar-refractivity contribution in [1.29, 1.82) is 0 Å². The van der Waals surface area contributed by atoms with Gasteiger partial charge in [0.1, 0.15) is 23.2 Å². The van der Waals surface area contributed by atoms with E-state index in [1.165, 1.54) is 0 Å². The molecule has 0 saturated carbocycles. The molecule has 2 bridgehead atoms. The highest BCUT2D eigenvalue weighted by Gasteiger charge is 2.56. The standard InChI is InChI=1S/C29H31F5N6O4S/c1-12-13(2)37-25-20-19(12)21(31)22(16-9-15(35)10-17(30)24(16)44-29(32,33)34)38-26(20)43-14(3)23-18-5-6-28(39-18,11-40(23)25)27(41)36-7-4-8-45-42/h9-10,14,18,23,39,42H,4-8,11,35H2,1-3H3,(H,36,41). The number of carbonyl (C=O) groups is 1. The fourth-order valence-corrected chi connectivity index (χ4v) is 7.03. The van der Waals surface area contributed by atoms with E-state index in [2.05, 4.69) is 20.4 Å². The van der Waals surface area contributed by atoms with E-state index >= 15 is 4.39 Å². The number of nitrogens with one attached hydrogen (secondary N) is 2. The van der Waals surface area contributed by atoms with E-state index in [4.69, 9.17) is 20.0 Å². The van der Waals surface area contributed by atoms with Gasteiger partial charge >= 0.3 is 6.36 Å². The second-order valence-electron chi connectivity index (χ2n) is 11.7.